The van der Waals surface area contributed by atoms with E-state index in [-0.39, 0.29) is 0 Å². The van der Waals surface area contributed by atoms with E-state index in [1.807, 2.05) is 0 Å². The van der Waals surface area contributed by atoms with Gasteiger partial charge in [0.05, 0.1) is 6.26 Å². The SMILES string of the molecule is C=COP(=O)([O-])OOOOP(=O)([O-])O. The van der Waals surface area contributed by atoms with Crippen LogP contribution in [0.1, 0.15) is 0 Å². The van der Waals surface area contributed by atoms with Crippen LogP contribution in [0.25, 0.3) is 0 Å². The molecule has 2 atom stereocenters. The van der Waals surface area contributed by atoms with Crippen molar-refractivity contribution in [2.24, 2.45) is 0 Å². The molecule has 0 aromatic heterocycles. The molecule has 0 aliphatic heterocycles. The van der Waals surface area contributed by atoms with Crippen LogP contribution in [-0.2, 0) is 33.1 Å². The van der Waals surface area contributed by atoms with Crippen LogP contribution in [0.5, 0.6) is 0 Å². The molecule has 0 aliphatic carbocycles. The Balaban J connectivity index is 3.69. The van der Waals surface area contributed by atoms with Gasteiger partial charge in [-0.05, 0) is 10.1 Å². The minimum atomic E-state index is -5.19. The van der Waals surface area contributed by atoms with E-state index in [2.05, 4.69) is 30.5 Å². The smallest absolute Gasteiger partial charge is 0.351 e. The predicted molar refractivity (Wildman–Crippen MR) is 33.1 cm³/mol. The van der Waals surface area contributed by atoms with Crippen molar-refractivity contribution < 1.29 is 47.8 Å². The largest absolute Gasteiger partial charge is 0.755 e. The summed E-state index contributed by atoms with van der Waals surface area (Å²) in [6.07, 6.45) is 0.503. The molecule has 0 spiro atoms. The fraction of sp³-hybridized carbons (Fsp3) is 0. The van der Waals surface area contributed by atoms with E-state index in [4.69, 9.17) is 4.89 Å². The molecule has 14 heavy (non-hydrogen) atoms. The van der Waals surface area contributed by atoms with Gasteiger partial charge in [0.1, 0.15) is 0 Å². The van der Waals surface area contributed by atoms with Crippen molar-refractivity contribution >= 4 is 15.6 Å². The number of rotatable bonds is 7. The molecule has 0 rings (SSSR count). The Morgan fingerprint density at radius 3 is 2.14 bits per heavy atom. The van der Waals surface area contributed by atoms with Gasteiger partial charge in [0.2, 0.25) is 0 Å². The van der Waals surface area contributed by atoms with Crippen LogP contribution in [-0.4, -0.2) is 4.89 Å². The maximum absolute atomic E-state index is 10.4. The molecule has 0 saturated carbocycles. The van der Waals surface area contributed by atoms with Crippen LogP contribution < -0.4 is 9.79 Å². The first kappa shape index (κ1) is 13.7. The van der Waals surface area contributed by atoms with Crippen LogP contribution in [0, 0.1) is 0 Å². The molecule has 0 aromatic rings. The summed E-state index contributed by atoms with van der Waals surface area (Å²) >= 11 is 0. The summed E-state index contributed by atoms with van der Waals surface area (Å²) in [5.41, 5.74) is 0. The Morgan fingerprint density at radius 1 is 1.21 bits per heavy atom. The zero-order valence-electron chi connectivity index (χ0n) is 6.30. The highest BCUT2D eigenvalue weighted by atomic mass is 31.2. The maximum Gasteiger partial charge on any atom is 0.351 e. The second-order valence-electron chi connectivity index (χ2n) is 1.47. The lowest BCUT2D eigenvalue weighted by Gasteiger charge is -2.18. The molecule has 1 N–H and O–H groups in total. The van der Waals surface area contributed by atoms with E-state index in [1.54, 1.807) is 0 Å². The number of hydrogen-bond donors (Lipinski definition) is 1. The van der Waals surface area contributed by atoms with Crippen molar-refractivity contribution in [1.29, 1.82) is 0 Å². The second-order valence-corrected chi connectivity index (χ2v) is 3.81. The maximum atomic E-state index is 10.4. The molecule has 0 aromatic carbocycles. The van der Waals surface area contributed by atoms with Gasteiger partial charge in [-0.15, -0.1) is 9.35 Å². The molecule has 0 amide bonds. The Hall–Kier alpha value is -0.280. The van der Waals surface area contributed by atoms with Crippen LogP contribution in [0.3, 0.4) is 0 Å². The monoisotopic (exact) mass is 250 g/mol. The molecular weight excluding hydrogens is 246 g/mol. The van der Waals surface area contributed by atoms with Crippen molar-refractivity contribution in [2.75, 3.05) is 0 Å². The lowest BCUT2D eigenvalue weighted by molar-refractivity contribution is -0.595. The fourth-order valence-electron chi connectivity index (χ4n) is 0.209. The van der Waals surface area contributed by atoms with Gasteiger partial charge < -0.3 is 19.2 Å². The minimum absolute atomic E-state index is 0.503. The molecule has 0 radical (unpaired) electrons. The molecule has 2 unspecified atom stereocenters. The van der Waals surface area contributed by atoms with Crippen molar-refractivity contribution in [2.45, 2.75) is 0 Å². The molecular formula is C2H4O10P2-2. The average molecular weight is 250 g/mol. The van der Waals surface area contributed by atoms with Gasteiger partial charge in [0.15, 0.2) is 0 Å². The summed E-state index contributed by atoms with van der Waals surface area (Å²) in [7, 11) is -10.0. The summed E-state index contributed by atoms with van der Waals surface area (Å²) in [6.45, 7) is 2.88. The van der Waals surface area contributed by atoms with Crippen molar-refractivity contribution in [1.82, 2.24) is 0 Å². The summed E-state index contributed by atoms with van der Waals surface area (Å²) in [6, 6.07) is 0. The summed E-state index contributed by atoms with van der Waals surface area (Å²) in [5.74, 6) is 0. The Labute approximate surface area is 77.3 Å². The Bertz CT molecular complexity index is 265. The zero-order valence-corrected chi connectivity index (χ0v) is 8.09. The molecule has 0 heterocycles. The van der Waals surface area contributed by atoms with Gasteiger partial charge in [-0.25, -0.2) is 0 Å². The lowest BCUT2D eigenvalue weighted by atomic mass is 11.2. The summed E-state index contributed by atoms with van der Waals surface area (Å²) in [4.78, 5) is 28.1. The highest BCUT2D eigenvalue weighted by Crippen LogP contribution is 2.39. The highest BCUT2D eigenvalue weighted by molar-refractivity contribution is 7.45. The van der Waals surface area contributed by atoms with E-state index in [0.29, 0.717) is 6.26 Å². The fourth-order valence-corrected chi connectivity index (χ4v) is 0.628. The van der Waals surface area contributed by atoms with E-state index >= 15 is 0 Å². The summed E-state index contributed by atoms with van der Waals surface area (Å²) in [5, 5.41) is 6.37. The normalized spacial score (nSPS) is 19.4. The third kappa shape index (κ3) is 8.32. The van der Waals surface area contributed by atoms with E-state index in [1.165, 1.54) is 0 Å². The van der Waals surface area contributed by atoms with Crippen molar-refractivity contribution in [3.8, 4) is 0 Å². The van der Waals surface area contributed by atoms with Gasteiger partial charge in [0.25, 0.3) is 7.82 Å². The van der Waals surface area contributed by atoms with Crippen LogP contribution in [0.2, 0.25) is 0 Å². The van der Waals surface area contributed by atoms with E-state index in [9.17, 15) is 18.9 Å². The Kier molecular flexibility index (Phi) is 5.45. The minimum Gasteiger partial charge on any atom is -0.755 e. The van der Waals surface area contributed by atoms with E-state index in [0.717, 1.165) is 0 Å². The molecule has 0 fully saturated rings. The first-order valence-electron chi connectivity index (χ1n) is 2.62. The topological polar surface area (TPSA) is 147 Å². The van der Waals surface area contributed by atoms with Crippen molar-refractivity contribution in [3.05, 3.63) is 12.8 Å². The molecule has 0 saturated heterocycles. The molecule has 84 valence electrons. The molecule has 0 aliphatic rings. The zero-order chi connectivity index (χ0) is 11.2. The van der Waals surface area contributed by atoms with Gasteiger partial charge in [-0.1, -0.05) is 6.58 Å². The second kappa shape index (κ2) is 5.56. The molecule has 10 nitrogen and oxygen atoms in total. The predicted octanol–water partition coefficient (Wildman–Crippen LogP) is -1.11. The number of phosphoric ester groups is 1. The van der Waals surface area contributed by atoms with Gasteiger partial charge >= 0.3 is 7.82 Å². The first-order valence-corrected chi connectivity index (χ1v) is 5.58. The van der Waals surface area contributed by atoms with Crippen molar-refractivity contribution in [3.63, 3.8) is 0 Å². The van der Waals surface area contributed by atoms with Gasteiger partial charge in [-0.2, -0.15) is 0 Å². The first-order chi connectivity index (χ1) is 6.27. The summed E-state index contributed by atoms with van der Waals surface area (Å²) < 4.78 is 30.3. The van der Waals surface area contributed by atoms with Gasteiger partial charge in [0, 0.05) is 0 Å². The number of phosphoric acid groups is 2. The number of hydrogen-bond acceptors (Lipinski definition) is 9. The highest BCUT2D eigenvalue weighted by Gasteiger charge is 2.11. The lowest BCUT2D eigenvalue weighted by Crippen LogP contribution is -2.09. The standard InChI is InChI=1S/C2H6O10P2/c1-2-8-14(6,7)12-10-9-11-13(3,4)5/h2H,1H2,(H,6,7)(H2,3,4,5)/p-2. The van der Waals surface area contributed by atoms with Crippen LogP contribution >= 0.6 is 15.6 Å². The third-order valence-electron chi connectivity index (χ3n) is 0.478. The molecule has 0 bridgehead atoms. The van der Waals surface area contributed by atoms with E-state index < -0.39 is 15.6 Å². The van der Waals surface area contributed by atoms with Crippen LogP contribution in [0.4, 0.5) is 0 Å². The van der Waals surface area contributed by atoms with Crippen LogP contribution in [0.15, 0.2) is 12.8 Å². The Morgan fingerprint density at radius 2 is 1.71 bits per heavy atom. The molecule has 12 heteroatoms. The van der Waals surface area contributed by atoms with Gasteiger partial charge in [-0.3, -0.25) is 9.13 Å². The quantitative estimate of drug-likeness (QED) is 0.194. The third-order valence-corrected chi connectivity index (χ3v) is 1.38. The average Bonchev–Trinajstić information content (AvgIpc) is 1.96.